The summed E-state index contributed by atoms with van der Waals surface area (Å²) in [5.41, 5.74) is 4.48. The molecule has 0 atom stereocenters. The van der Waals surface area contributed by atoms with E-state index >= 15 is 0 Å². The van der Waals surface area contributed by atoms with Gasteiger partial charge in [0.2, 0.25) is 0 Å². The lowest BCUT2D eigenvalue weighted by atomic mass is 10.2. The first-order valence-electron chi connectivity index (χ1n) is 11.0. The van der Waals surface area contributed by atoms with E-state index in [-0.39, 0.29) is 17.4 Å². The lowest BCUT2D eigenvalue weighted by Crippen LogP contribution is -2.20. The largest absolute Gasteiger partial charge is 0.504 e. The van der Waals surface area contributed by atoms with E-state index in [1.54, 1.807) is 30.6 Å². The van der Waals surface area contributed by atoms with Crippen LogP contribution in [0.3, 0.4) is 0 Å². The number of phenols is 1. The van der Waals surface area contributed by atoms with Gasteiger partial charge in [-0.25, -0.2) is 5.43 Å². The summed E-state index contributed by atoms with van der Waals surface area (Å²) in [7, 11) is 1.46. The van der Waals surface area contributed by atoms with Gasteiger partial charge in [0, 0.05) is 29.2 Å². The zero-order chi connectivity index (χ0) is 25.3. The van der Waals surface area contributed by atoms with Crippen LogP contribution < -0.4 is 14.9 Å². The van der Waals surface area contributed by atoms with Crippen molar-refractivity contribution in [3.8, 4) is 34.3 Å². The number of methoxy groups -OCH3 is 1. The van der Waals surface area contributed by atoms with Gasteiger partial charge in [0.05, 0.1) is 25.7 Å². The van der Waals surface area contributed by atoms with Crippen LogP contribution in [0.15, 0.2) is 77.2 Å². The van der Waals surface area contributed by atoms with Gasteiger partial charge < -0.3 is 14.6 Å². The fourth-order valence-corrected chi connectivity index (χ4v) is 4.02. The van der Waals surface area contributed by atoms with Gasteiger partial charge >= 0.3 is 0 Å². The van der Waals surface area contributed by atoms with E-state index in [0.717, 1.165) is 17.0 Å². The summed E-state index contributed by atoms with van der Waals surface area (Å²) in [5.74, 6) is 1.32. The van der Waals surface area contributed by atoms with Crippen LogP contribution in [0.1, 0.15) is 12.5 Å². The molecule has 0 saturated carbocycles. The van der Waals surface area contributed by atoms with Crippen molar-refractivity contribution >= 4 is 23.9 Å². The fraction of sp³-hybridized carbons (Fsp3) is 0.160. The van der Waals surface area contributed by atoms with Gasteiger partial charge in [0.25, 0.3) is 5.91 Å². The molecule has 10 nitrogen and oxygen atoms in total. The fourth-order valence-electron chi connectivity index (χ4n) is 3.28. The molecule has 2 aromatic heterocycles. The van der Waals surface area contributed by atoms with Crippen LogP contribution in [0.5, 0.6) is 17.2 Å². The first-order valence-corrected chi connectivity index (χ1v) is 12.0. The molecule has 2 aromatic carbocycles. The predicted octanol–water partition coefficient (Wildman–Crippen LogP) is 3.68. The molecule has 1 amide bonds. The van der Waals surface area contributed by atoms with Crippen LogP contribution in [-0.2, 0) is 4.79 Å². The molecule has 2 N–H and O–H groups in total. The molecule has 0 aliphatic carbocycles. The molecule has 4 rings (SSSR count). The van der Waals surface area contributed by atoms with E-state index in [1.807, 2.05) is 47.9 Å². The van der Waals surface area contributed by atoms with E-state index in [0.29, 0.717) is 28.9 Å². The molecule has 0 fully saturated rings. The molecule has 0 aliphatic heterocycles. The molecule has 0 radical (unpaired) electrons. The van der Waals surface area contributed by atoms with Crippen LogP contribution >= 0.6 is 11.8 Å². The highest BCUT2D eigenvalue weighted by Gasteiger charge is 2.17. The maximum atomic E-state index is 12.4. The van der Waals surface area contributed by atoms with Crippen molar-refractivity contribution in [2.24, 2.45) is 5.10 Å². The highest BCUT2D eigenvalue weighted by Crippen LogP contribution is 2.29. The van der Waals surface area contributed by atoms with Crippen molar-refractivity contribution in [2.45, 2.75) is 12.1 Å². The SMILES string of the molecule is CCOc1ccc(-n2c(SCC(=O)NN=Cc3cccc(OC)c3O)nnc2-c2cccnc2)cc1. The minimum Gasteiger partial charge on any atom is -0.504 e. The van der Waals surface area contributed by atoms with Gasteiger partial charge in [-0.2, -0.15) is 5.10 Å². The molecule has 4 aromatic rings. The first-order chi connectivity index (χ1) is 17.6. The van der Waals surface area contributed by atoms with Crippen LogP contribution in [0.2, 0.25) is 0 Å². The Morgan fingerprint density at radius 3 is 2.72 bits per heavy atom. The monoisotopic (exact) mass is 504 g/mol. The second-order valence-corrected chi connectivity index (χ2v) is 8.23. The number of pyridine rings is 1. The second-order valence-electron chi connectivity index (χ2n) is 7.29. The summed E-state index contributed by atoms with van der Waals surface area (Å²) in [5, 5.41) is 23.2. The molecule has 36 heavy (non-hydrogen) atoms. The number of nitrogens with zero attached hydrogens (tertiary/aromatic N) is 5. The highest BCUT2D eigenvalue weighted by atomic mass is 32.2. The molecular weight excluding hydrogens is 480 g/mol. The number of carbonyl (C=O) groups excluding carboxylic acids is 1. The quantitative estimate of drug-likeness (QED) is 0.190. The molecule has 0 spiro atoms. The first kappa shape index (κ1) is 24.7. The molecule has 2 heterocycles. The van der Waals surface area contributed by atoms with E-state index in [2.05, 4.69) is 25.7 Å². The molecule has 0 unspecified atom stereocenters. The Morgan fingerprint density at radius 2 is 2.00 bits per heavy atom. The maximum Gasteiger partial charge on any atom is 0.250 e. The number of benzene rings is 2. The molecule has 184 valence electrons. The molecule has 0 saturated heterocycles. The van der Waals surface area contributed by atoms with Crippen molar-refractivity contribution in [3.63, 3.8) is 0 Å². The summed E-state index contributed by atoms with van der Waals surface area (Å²) in [6, 6.07) is 16.3. The number of ether oxygens (including phenoxy) is 2. The van der Waals surface area contributed by atoms with Crippen molar-refractivity contribution < 1.29 is 19.4 Å². The third kappa shape index (κ3) is 5.81. The summed E-state index contributed by atoms with van der Waals surface area (Å²) in [4.78, 5) is 16.6. The normalized spacial score (nSPS) is 10.9. The number of para-hydroxylation sites is 1. The second kappa shape index (κ2) is 11.8. The van der Waals surface area contributed by atoms with Crippen molar-refractivity contribution in [1.29, 1.82) is 0 Å². The number of hydrogen-bond donors (Lipinski definition) is 2. The van der Waals surface area contributed by atoms with E-state index < -0.39 is 0 Å². The number of nitrogens with one attached hydrogen (secondary N) is 1. The average Bonchev–Trinajstić information content (AvgIpc) is 3.33. The lowest BCUT2D eigenvalue weighted by Gasteiger charge is -2.11. The van der Waals surface area contributed by atoms with Gasteiger partial charge in [-0.05, 0) is 55.5 Å². The van der Waals surface area contributed by atoms with Crippen molar-refractivity contribution in [1.82, 2.24) is 25.2 Å². The average molecular weight is 505 g/mol. The van der Waals surface area contributed by atoms with Crippen molar-refractivity contribution in [3.05, 3.63) is 72.6 Å². The molecule has 11 heteroatoms. The number of hydrogen-bond acceptors (Lipinski definition) is 9. The van der Waals surface area contributed by atoms with E-state index in [1.165, 1.54) is 25.1 Å². The van der Waals surface area contributed by atoms with Crippen LogP contribution in [0.25, 0.3) is 17.1 Å². The number of rotatable bonds is 10. The number of aromatic nitrogens is 4. The maximum absolute atomic E-state index is 12.4. The van der Waals surface area contributed by atoms with Crippen molar-refractivity contribution in [2.75, 3.05) is 19.5 Å². The number of amides is 1. The number of carbonyl (C=O) groups is 1. The Labute approximate surface area is 212 Å². The number of phenolic OH excluding ortho intramolecular Hbond substituents is 1. The Kier molecular flexibility index (Phi) is 8.14. The summed E-state index contributed by atoms with van der Waals surface area (Å²) in [6.45, 7) is 2.50. The molecule has 0 aliphatic rings. The van der Waals surface area contributed by atoms with Crippen LogP contribution in [0.4, 0.5) is 0 Å². The summed E-state index contributed by atoms with van der Waals surface area (Å²) >= 11 is 1.22. The predicted molar refractivity (Wildman–Crippen MR) is 137 cm³/mol. The van der Waals surface area contributed by atoms with Gasteiger partial charge in [0.1, 0.15) is 5.75 Å². The zero-order valence-electron chi connectivity index (χ0n) is 19.7. The van der Waals surface area contributed by atoms with Gasteiger partial charge in [-0.1, -0.05) is 17.8 Å². The van der Waals surface area contributed by atoms with Crippen LogP contribution in [0, 0.1) is 0 Å². The Balaban J connectivity index is 1.50. The highest BCUT2D eigenvalue weighted by molar-refractivity contribution is 7.99. The smallest absolute Gasteiger partial charge is 0.250 e. The van der Waals surface area contributed by atoms with Gasteiger partial charge in [-0.15, -0.1) is 10.2 Å². The lowest BCUT2D eigenvalue weighted by molar-refractivity contribution is -0.118. The Morgan fingerprint density at radius 1 is 1.17 bits per heavy atom. The zero-order valence-corrected chi connectivity index (χ0v) is 20.5. The third-order valence-electron chi connectivity index (χ3n) is 4.93. The Hall–Kier alpha value is -4.38. The van der Waals surface area contributed by atoms with E-state index in [9.17, 15) is 9.90 Å². The minimum absolute atomic E-state index is 0.0453. The summed E-state index contributed by atoms with van der Waals surface area (Å²) in [6.07, 6.45) is 4.75. The number of thioether (sulfide) groups is 1. The standard InChI is InChI=1S/C25H24N6O4S/c1-3-35-20-11-9-19(10-12-20)31-24(18-7-5-13-26-14-18)29-30-25(31)36-16-22(32)28-27-15-17-6-4-8-21(34-2)23(17)33/h4-15,33H,3,16H2,1-2H3,(H,28,32). The van der Waals surface area contributed by atoms with Gasteiger partial charge in [-0.3, -0.25) is 14.3 Å². The summed E-state index contributed by atoms with van der Waals surface area (Å²) < 4.78 is 12.5. The topological polar surface area (TPSA) is 124 Å². The molecule has 0 bridgehead atoms. The minimum atomic E-state index is -0.345. The van der Waals surface area contributed by atoms with Crippen LogP contribution in [-0.4, -0.2) is 56.4 Å². The number of aromatic hydroxyl groups is 1. The third-order valence-corrected chi connectivity index (χ3v) is 5.86. The number of hydrazone groups is 1. The van der Waals surface area contributed by atoms with Gasteiger partial charge in [0.15, 0.2) is 22.5 Å². The molecular formula is C25H24N6O4S. The Bertz CT molecular complexity index is 1340. The van der Waals surface area contributed by atoms with E-state index in [4.69, 9.17) is 9.47 Å².